The first-order valence-corrected chi connectivity index (χ1v) is 12.7. The molecule has 35 heavy (non-hydrogen) atoms. The molecule has 2 heterocycles. The summed E-state index contributed by atoms with van der Waals surface area (Å²) in [6, 6.07) is 23.0. The lowest BCUT2D eigenvalue weighted by atomic mass is 9.98. The summed E-state index contributed by atoms with van der Waals surface area (Å²) in [5.74, 6) is -0.941. The fourth-order valence-corrected chi connectivity index (χ4v) is 5.44. The van der Waals surface area contributed by atoms with Crippen molar-refractivity contribution in [2.75, 3.05) is 5.32 Å². The molecular weight excluding hydrogens is 531 g/mol. The molecule has 0 saturated heterocycles. The quantitative estimate of drug-likeness (QED) is 0.437. The lowest BCUT2D eigenvalue weighted by Crippen LogP contribution is -2.25. The number of para-hydroxylation sites is 1. The molecule has 2 atom stereocenters. The van der Waals surface area contributed by atoms with Crippen LogP contribution in [-0.2, 0) is 9.59 Å². The van der Waals surface area contributed by atoms with E-state index < -0.39 is 5.25 Å². The van der Waals surface area contributed by atoms with Gasteiger partial charge in [0.25, 0.3) is 5.91 Å². The summed E-state index contributed by atoms with van der Waals surface area (Å²) < 4.78 is 14.5. The van der Waals surface area contributed by atoms with Crippen LogP contribution in [0, 0.1) is 5.82 Å². The van der Waals surface area contributed by atoms with Crippen molar-refractivity contribution in [2.45, 2.75) is 24.1 Å². The molecule has 5 rings (SSSR count). The molecule has 0 aliphatic carbocycles. The second kappa shape index (κ2) is 10.1. The predicted octanol–water partition coefficient (Wildman–Crippen LogP) is 5.77. The number of benzene rings is 3. The molecule has 2 amide bonds. The van der Waals surface area contributed by atoms with Crippen LogP contribution in [0.2, 0.25) is 0 Å². The number of anilines is 1. The molecule has 0 spiro atoms. The second-order valence-electron chi connectivity index (χ2n) is 8.13. The Kier molecular flexibility index (Phi) is 6.79. The van der Waals surface area contributed by atoms with E-state index in [1.807, 2.05) is 42.5 Å². The summed E-state index contributed by atoms with van der Waals surface area (Å²) in [6.45, 7) is 0. The Bertz CT molecular complexity index is 1330. The number of hydrogen-bond donors (Lipinski definition) is 1. The summed E-state index contributed by atoms with van der Waals surface area (Å²) >= 11 is 4.73. The minimum absolute atomic E-state index is 0.00263. The van der Waals surface area contributed by atoms with Gasteiger partial charge in [0, 0.05) is 23.0 Å². The molecule has 3 aromatic rings. The number of hydrazone groups is 1. The average Bonchev–Trinajstić information content (AvgIpc) is 3.44. The van der Waals surface area contributed by atoms with Crippen molar-refractivity contribution < 1.29 is 14.0 Å². The molecule has 0 fully saturated rings. The highest BCUT2D eigenvalue weighted by Crippen LogP contribution is 2.38. The van der Waals surface area contributed by atoms with Crippen molar-refractivity contribution in [3.63, 3.8) is 0 Å². The van der Waals surface area contributed by atoms with Crippen LogP contribution in [0.15, 0.2) is 93.4 Å². The molecule has 0 aromatic heterocycles. The summed E-state index contributed by atoms with van der Waals surface area (Å²) in [7, 11) is 0. The highest BCUT2D eigenvalue weighted by molar-refractivity contribution is 9.10. The third-order valence-corrected chi connectivity index (χ3v) is 7.31. The van der Waals surface area contributed by atoms with Crippen LogP contribution in [0.1, 0.15) is 30.0 Å². The van der Waals surface area contributed by atoms with Crippen molar-refractivity contribution in [2.24, 2.45) is 10.1 Å². The van der Waals surface area contributed by atoms with E-state index in [1.165, 1.54) is 23.9 Å². The third kappa shape index (κ3) is 5.36. The molecular formula is C26H20BrFN4O2S. The zero-order valence-electron chi connectivity index (χ0n) is 18.4. The van der Waals surface area contributed by atoms with Gasteiger partial charge in [0.05, 0.1) is 11.8 Å². The Morgan fingerprint density at radius 1 is 1.09 bits per heavy atom. The SMILES string of the molecule is O=C(C[C@H]1SC(N2N=C(c3cccc(Br)c3)C[C@@H]2c2ccc(F)cc2)=NC1=O)Nc1ccccc1. The number of amides is 2. The maximum atomic E-state index is 13.6. The molecule has 3 aromatic carbocycles. The zero-order valence-corrected chi connectivity index (χ0v) is 20.8. The molecule has 2 aliphatic heterocycles. The second-order valence-corrected chi connectivity index (χ2v) is 10.2. The largest absolute Gasteiger partial charge is 0.326 e. The minimum Gasteiger partial charge on any atom is -0.326 e. The highest BCUT2D eigenvalue weighted by atomic mass is 79.9. The van der Waals surface area contributed by atoms with Crippen molar-refractivity contribution in [1.29, 1.82) is 0 Å². The fourth-order valence-electron chi connectivity index (χ4n) is 3.98. The highest BCUT2D eigenvalue weighted by Gasteiger charge is 2.39. The van der Waals surface area contributed by atoms with Crippen molar-refractivity contribution in [3.8, 4) is 0 Å². The van der Waals surface area contributed by atoms with Crippen LogP contribution in [0.5, 0.6) is 0 Å². The number of rotatable bonds is 5. The van der Waals surface area contributed by atoms with Crippen LogP contribution < -0.4 is 5.32 Å². The molecule has 0 radical (unpaired) electrons. The topological polar surface area (TPSA) is 74.1 Å². The number of nitrogens with zero attached hydrogens (tertiary/aromatic N) is 3. The van der Waals surface area contributed by atoms with Gasteiger partial charge in [-0.15, -0.1) is 0 Å². The number of amidine groups is 1. The maximum Gasteiger partial charge on any atom is 0.262 e. The third-order valence-electron chi connectivity index (χ3n) is 5.68. The first kappa shape index (κ1) is 23.4. The first-order chi connectivity index (χ1) is 17.0. The van der Waals surface area contributed by atoms with Crippen molar-refractivity contribution in [3.05, 3.63) is 100 Å². The number of aliphatic imine (C=N–C) groups is 1. The molecule has 176 valence electrons. The molecule has 9 heteroatoms. The van der Waals surface area contributed by atoms with E-state index in [2.05, 4.69) is 26.2 Å². The number of halogens is 2. The summed E-state index contributed by atoms with van der Waals surface area (Å²) in [5, 5.41) is 9.15. The van der Waals surface area contributed by atoms with E-state index in [9.17, 15) is 14.0 Å². The molecule has 0 bridgehead atoms. The fraction of sp³-hybridized carbons (Fsp3) is 0.154. The van der Waals surface area contributed by atoms with Crippen LogP contribution in [0.25, 0.3) is 0 Å². The Hall–Kier alpha value is -3.30. The smallest absolute Gasteiger partial charge is 0.262 e. The summed E-state index contributed by atoms with van der Waals surface area (Å²) in [6.07, 6.45) is 0.567. The normalized spacial score (nSPS) is 19.5. The molecule has 0 saturated carbocycles. The number of thioether (sulfide) groups is 1. The number of carbonyl (C=O) groups excluding carboxylic acids is 2. The lowest BCUT2D eigenvalue weighted by molar-refractivity contribution is -0.121. The molecule has 2 aliphatic rings. The number of carbonyl (C=O) groups is 2. The van der Waals surface area contributed by atoms with Crippen molar-refractivity contribution in [1.82, 2.24) is 5.01 Å². The Morgan fingerprint density at radius 2 is 1.86 bits per heavy atom. The Balaban J connectivity index is 1.37. The van der Waals surface area contributed by atoms with Gasteiger partial charge >= 0.3 is 0 Å². The van der Waals surface area contributed by atoms with Gasteiger partial charge in [0.15, 0.2) is 5.17 Å². The average molecular weight is 551 g/mol. The van der Waals surface area contributed by atoms with Gasteiger partial charge < -0.3 is 5.32 Å². The monoisotopic (exact) mass is 550 g/mol. The minimum atomic E-state index is -0.632. The summed E-state index contributed by atoms with van der Waals surface area (Å²) in [5.41, 5.74) is 3.32. The Morgan fingerprint density at radius 3 is 2.60 bits per heavy atom. The molecule has 6 nitrogen and oxygen atoms in total. The van der Waals surface area contributed by atoms with Gasteiger partial charge in [-0.25, -0.2) is 9.40 Å². The summed E-state index contributed by atoms with van der Waals surface area (Å²) in [4.78, 5) is 29.5. The van der Waals surface area contributed by atoms with Gasteiger partial charge in [-0.2, -0.15) is 10.1 Å². The lowest BCUT2D eigenvalue weighted by Gasteiger charge is -2.23. The maximum absolute atomic E-state index is 13.6. The van der Waals surface area contributed by atoms with Gasteiger partial charge in [0.1, 0.15) is 11.1 Å². The van der Waals surface area contributed by atoms with Crippen LogP contribution in [-0.4, -0.2) is 33.0 Å². The predicted molar refractivity (Wildman–Crippen MR) is 140 cm³/mol. The molecule has 0 unspecified atom stereocenters. The van der Waals surface area contributed by atoms with E-state index in [-0.39, 0.29) is 30.1 Å². The van der Waals surface area contributed by atoms with E-state index in [4.69, 9.17) is 5.10 Å². The zero-order chi connectivity index (χ0) is 24.4. The van der Waals surface area contributed by atoms with Crippen LogP contribution >= 0.6 is 27.7 Å². The standard InChI is InChI=1S/C26H20BrFN4O2S/c27-18-6-4-5-17(13-18)21-14-22(16-9-11-19(28)12-10-16)32(31-21)26-30-25(34)23(35-26)15-24(33)29-20-7-2-1-3-8-20/h1-13,22-23H,14-15H2,(H,29,33)/t22-,23-/m1/s1. The Labute approximate surface area is 214 Å². The van der Waals surface area contributed by atoms with Crippen LogP contribution in [0.3, 0.4) is 0 Å². The number of nitrogens with one attached hydrogen (secondary N) is 1. The number of hydrogen-bond acceptors (Lipinski definition) is 5. The van der Waals surface area contributed by atoms with E-state index in [1.54, 1.807) is 29.3 Å². The van der Waals surface area contributed by atoms with E-state index in [0.29, 0.717) is 17.3 Å². The van der Waals surface area contributed by atoms with Gasteiger partial charge in [-0.1, -0.05) is 70.2 Å². The van der Waals surface area contributed by atoms with Gasteiger partial charge in [-0.3, -0.25) is 9.59 Å². The van der Waals surface area contributed by atoms with E-state index in [0.717, 1.165) is 21.3 Å². The van der Waals surface area contributed by atoms with Crippen LogP contribution in [0.4, 0.5) is 10.1 Å². The van der Waals surface area contributed by atoms with Gasteiger partial charge in [0.2, 0.25) is 5.91 Å². The molecule has 1 N–H and O–H groups in total. The first-order valence-electron chi connectivity index (χ1n) is 11.0. The van der Waals surface area contributed by atoms with Crippen molar-refractivity contribution >= 4 is 56.1 Å². The van der Waals surface area contributed by atoms with Gasteiger partial charge in [-0.05, 0) is 47.5 Å². The van der Waals surface area contributed by atoms with E-state index >= 15 is 0 Å².